The first-order valence-corrected chi connectivity index (χ1v) is 7.92. The minimum Gasteiger partial charge on any atom is -0.308 e. The maximum atomic E-state index is 12.5. The lowest BCUT2D eigenvalue weighted by Gasteiger charge is -2.24. The fourth-order valence-corrected chi connectivity index (χ4v) is 3.34. The molecule has 102 valence electrons. The van der Waals surface area contributed by atoms with Crippen molar-refractivity contribution in [3.8, 4) is 0 Å². The van der Waals surface area contributed by atoms with Gasteiger partial charge in [0.15, 0.2) is 0 Å². The van der Waals surface area contributed by atoms with E-state index in [4.69, 9.17) is 9.05 Å². The maximum absolute atomic E-state index is 12.5. The Morgan fingerprint density at radius 2 is 1.47 bits per heavy atom. The largest absolute Gasteiger partial charge is 0.340 e. The second kappa shape index (κ2) is 8.02. The van der Waals surface area contributed by atoms with Crippen molar-refractivity contribution in [2.24, 2.45) is 5.92 Å². The molecular formula is C12H25O4P. The van der Waals surface area contributed by atoms with E-state index in [1.807, 2.05) is 13.8 Å². The first-order valence-electron chi connectivity index (χ1n) is 6.31. The van der Waals surface area contributed by atoms with Crippen LogP contribution in [0.1, 0.15) is 47.5 Å². The van der Waals surface area contributed by atoms with Gasteiger partial charge in [0.05, 0.1) is 13.2 Å². The van der Waals surface area contributed by atoms with E-state index in [0.29, 0.717) is 13.2 Å². The van der Waals surface area contributed by atoms with Crippen LogP contribution in [0.2, 0.25) is 0 Å². The Kier molecular flexibility index (Phi) is 7.93. The van der Waals surface area contributed by atoms with Crippen LogP contribution >= 0.6 is 7.60 Å². The Morgan fingerprint density at radius 3 is 1.76 bits per heavy atom. The van der Waals surface area contributed by atoms with Crippen molar-refractivity contribution < 1.29 is 18.4 Å². The molecule has 0 aliphatic rings. The molecule has 0 radical (unpaired) electrons. The van der Waals surface area contributed by atoms with Gasteiger partial charge in [0, 0.05) is 5.92 Å². The van der Waals surface area contributed by atoms with Crippen molar-refractivity contribution in [3.05, 3.63) is 0 Å². The zero-order chi connectivity index (χ0) is 13.5. The van der Waals surface area contributed by atoms with Crippen LogP contribution in [0.15, 0.2) is 0 Å². The second-order valence-corrected chi connectivity index (χ2v) is 6.81. The van der Waals surface area contributed by atoms with Gasteiger partial charge in [-0.15, -0.1) is 0 Å². The molecule has 17 heavy (non-hydrogen) atoms. The number of carbonyl (C=O) groups is 1. The molecule has 0 N–H and O–H groups in total. The summed E-state index contributed by atoms with van der Waals surface area (Å²) in [4.78, 5) is 11.9. The molecule has 0 saturated carbocycles. The summed E-state index contributed by atoms with van der Waals surface area (Å²) < 4.78 is 23.2. The van der Waals surface area contributed by atoms with Crippen LogP contribution in [0.3, 0.4) is 0 Å². The van der Waals surface area contributed by atoms with Crippen LogP contribution < -0.4 is 0 Å². The van der Waals surface area contributed by atoms with Crippen molar-refractivity contribution in [2.75, 3.05) is 13.2 Å². The smallest absolute Gasteiger partial charge is 0.308 e. The number of hydrogen-bond donors (Lipinski definition) is 0. The standard InChI is InChI=1S/C12H25O4P/c1-6-8-15-17(14,16-9-7-2)11(5)12(13)10(3)4/h10-11H,6-9H2,1-5H3. The third-order valence-electron chi connectivity index (χ3n) is 2.41. The normalized spacial score (nSPS) is 14.0. The predicted molar refractivity (Wildman–Crippen MR) is 69.4 cm³/mol. The molecule has 0 saturated heterocycles. The monoisotopic (exact) mass is 264 g/mol. The summed E-state index contributed by atoms with van der Waals surface area (Å²) in [5.41, 5.74) is -0.680. The molecule has 0 aromatic heterocycles. The second-order valence-electron chi connectivity index (χ2n) is 4.44. The highest BCUT2D eigenvalue weighted by atomic mass is 31.2. The van der Waals surface area contributed by atoms with Crippen molar-refractivity contribution in [3.63, 3.8) is 0 Å². The number of carbonyl (C=O) groups excluding carboxylic acids is 1. The number of Topliss-reactive ketones (excluding diaryl/α,β-unsaturated/α-hetero) is 1. The van der Waals surface area contributed by atoms with Crippen LogP contribution in [-0.2, 0) is 18.4 Å². The van der Waals surface area contributed by atoms with Gasteiger partial charge in [-0.2, -0.15) is 0 Å². The Hall–Kier alpha value is -0.180. The summed E-state index contributed by atoms with van der Waals surface area (Å²) in [7, 11) is -3.30. The van der Waals surface area contributed by atoms with Gasteiger partial charge < -0.3 is 9.05 Å². The Labute approximate surface area is 105 Å². The molecule has 5 heteroatoms. The highest BCUT2D eigenvalue weighted by Gasteiger charge is 2.38. The third-order valence-corrected chi connectivity index (χ3v) is 4.69. The van der Waals surface area contributed by atoms with Crippen LogP contribution in [-0.4, -0.2) is 24.7 Å². The molecular weight excluding hydrogens is 239 g/mol. The number of hydrogen-bond acceptors (Lipinski definition) is 4. The van der Waals surface area contributed by atoms with Gasteiger partial charge in [0.2, 0.25) is 0 Å². The molecule has 0 aliphatic carbocycles. The lowest BCUT2D eigenvalue weighted by molar-refractivity contribution is -0.121. The summed E-state index contributed by atoms with van der Waals surface area (Å²) in [5, 5.41) is 0. The van der Waals surface area contributed by atoms with E-state index in [-0.39, 0.29) is 11.7 Å². The third kappa shape index (κ3) is 5.33. The van der Waals surface area contributed by atoms with Gasteiger partial charge in [-0.25, -0.2) is 0 Å². The average molecular weight is 264 g/mol. The quantitative estimate of drug-likeness (QED) is 0.596. The molecule has 0 spiro atoms. The fourth-order valence-electron chi connectivity index (χ4n) is 1.34. The summed E-state index contributed by atoms with van der Waals surface area (Å²) in [6.07, 6.45) is 1.50. The lowest BCUT2D eigenvalue weighted by Crippen LogP contribution is -2.24. The van der Waals surface area contributed by atoms with E-state index in [9.17, 15) is 9.36 Å². The minimum absolute atomic E-state index is 0.0689. The Morgan fingerprint density at radius 1 is 1.06 bits per heavy atom. The SMILES string of the molecule is CCCOP(=O)(OCCC)C(C)C(=O)C(C)C. The van der Waals surface area contributed by atoms with Crippen molar-refractivity contribution in [1.82, 2.24) is 0 Å². The van der Waals surface area contributed by atoms with Crippen LogP contribution in [0.4, 0.5) is 0 Å². The van der Waals surface area contributed by atoms with E-state index >= 15 is 0 Å². The highest BCUT2D eigenvalue weighted by molar-refractivity contribution is 7.55. The van der Waals surface area contributed by atoms with Gasteiger partial charge >= 0.3 is 7.60 Å². The summed E-state index contributed by atoms with van der Waals surface area (Å²) in [6.45, 7) is 9.80. The highest BCUT2D eigenvalue weighted by Crippen LogP contribution is 2.54. The molecule has 0 aliphatic heterocycles. The zero-order valence-corrected chi connectivity index (χ0v) is 12.5. The molecule has 0 rings (SSSR count). The van der Waals surface area contributed by atoms with E-state index in [1.165, 1.54) is 0 Å². The molecule has 0 aromatic rings. The molecule has 0 heterocycles. The van der Waals surface area contributed by atoms with Crippen molar-refractivity contribution in [2.45, 2.75) is 53.1 Å². The number of rotatable bonds is 9. The average Bonchev–Trinajstić information content (AvgIpc) is 2.31. The molecule has 0 amide bonds. The molecule has 1 unspecified atom stereocenters. The van der Waals surface area contributed by atoms with Gasteiger partial charge in [-0.05, 0) is 19.8 Å². The summed E-state index contributed by atoms with van der Waals surface area (Å²) >= 11 is 0. The summed E-state index contributed by atoms with van der Waals surface area (Å²) in [6, 6.07) is 0. The lowest BCUT2D eigenvalue weighted by atomic mass is 10.1. The maximum Gasteiger partial charge on any atom is 0.340 e. The first-order chi connectivity index (χ1) is 7.89. The topological polar surface area (TPSA) is 52.6 Å². The van der Waals surface area contributed by atoms with E-state index in [0.717, 1.165) is 12.8 Å². The summed E-state index contributed by atoms with van der Waals surface area (Å²) in [5.74, 6) is -0.227. The minimum atomic E-state index is -3.30. The van der Waals surface area contributed by atoms with E-state index < -0.39 is 13.3 Å². The zero-order valence-electron chi connectivity index (χ0n) is 11.6. The van der Waals surface area contributed by atoms with Crippen LogP contribution in [0.25, 0.3) is 0 Å². The fraction of sp³-hybridized carbons (Fsp3) is 0.917. The van der Waals surface area contributed by atoms with Crippen molar-refractivity contribution >= 4 is 13.4 Å². The molecule has 0 bridgehead atoms. The van der Waals surface area contributed by atoms with Crippen LogP contribution in [0.5, 0.6) is 0 Å². The molecule has 1 atom stereocenters. The van der Waals surface area contributed by atoms with Gasteiger partial charge in [0.25, 0.3) is 0 Å². The van der Waals surface area contributed by atoms with Gasteiger partial charge in [-0.3, -0.25) is 9.36 Å². The predicted octanol–water partition coefficient (Wildman–Crippen LogP) is 3.65. The van der Waals surface area contributed by atoms with Crippen molar-refractivity contribution in [1.29, 1.82) is 0 Å². The van der Waals surface area contributed by atoms with E-state index in [2.05, 4.69) is 0 Å². The van der Waals surface area contributed by atoms with Gasteiger partial charge in [0.1, 0.15) is 11.4 Å². The molecule has 0 aromatic carbocycles. The first kappa shape index (κ1) is 16.8. The Bertz CT molecular complexity index is 264. The Balaban J connectivity index is 4.76. The van der Waals surface area contributed by atoms with E-state index in [1.54, 1.807) is 20.8 Å². The molecule has 0 fully saturated rings. The number of ketones is 1. The molecule has 4 nitrogen and oxygen atoms in total. The van der Waals surface area contributed by atoms with Gasteiger partial charge in [-0.1, -0.05) is 27.7 Å². The van der Waals surface area contributed by atoms with Crippen LogP contribution in [0, 0.1) is 5.92 Å².